The summed E-state index contributed by atoms with van der Waals surface area (Å²) in [4.78, 5) is 21.1. The standard InChI is InChI=1S/C9H15NO7S/c11-8(12)4-10(5-9(13)14)18(15,16)6-7-2-1-3-17-7/h7H,1-6H2,(H,11,12)(H,13,14). The minimum absolute atomic E-state index is 0.381. The lowest BCUT2D eigenvalue weighted by molar-refractivity contribution is -0.139. The summed E-state index contributed by atoms with van der Waals surface area (Å²) < 4.78 is 29.3. The van der Waals surface area contributed by atoms with Crippen molar-refractivity contribution in [2.24, 2.45) is 0 Å². The van der Waals surface area contributed by atoms with Gasteiger partial charge in [-0.05, 0) is 12.8 Å². The lowest BCUT2D eigenvalue weighted by Crippen LogP contribution is -2.42. The van der Waals surface area contributed by atoms with Crippen LogP contribution >= 0.6 is 0 Å². The predicted octanol–water partition coefficient (Wildman–Crippen LogP) is -1.03. The molecule has 0 amide bonds. The Bertz CT molecular complexity index is 397. The largest absolute Gasteiger partial charge is 0.480 e. The molecule has 0 aliphatic carbocycles. The summed E-state index contributed by atoms with van der Waals surface area (Å²) in [7, 11) is -3.95. The first-order valence-corrected chi connectivity index (χ1v) is 6.95. The van der Waals surface area contributed by atoms with Gasteiger partial charge in [-0.15, -0.1) is 0 Å². The summed E-state index contributed by atoms with van der Waals surface area (Å²) in [5, 5.41) is 17.2. The average molecular weight is 281 g/mol. The number of carbonyl (C=O) groups is 2. The molecule has 0 aromatic rings. The van der Waals surface area contributed by atoms with E-state index in [1.165, 1.54) is 0 Å². The van der Waals surface area contributed by atoms with Gasteiger partial charge in [0, 0.05) is 6.61 Å². The van der Waals surface area contributed by atoms with Gasteiger partial charge in [-0.2, -0.15) is 4.31 Å². The average Bonchev–Trinajstić information content (AvgIpc) is 2.67. The van der Waals surface area contributed by atoms with Crippen LogP contribution in [0.4, 0.5) is 0 Å². The Kier molecular flexibility index (Phi) is 5.05. The fourth-order valence-corrected chi connectivity index (χ4v) is 3.23. The van der Waals surface area contributed by atoms with Gasteiger partial charge in [0.1, 0.15) is 13.1 Å². The fourth-order valence-electron chi connectivity index (χ4n) is 1.67. The van der Waals surface area contributed by atoms with Crippen molar-refractivity contribution in [2.75, 3.05) is 25.4 Å². The van der Waals surface area contributed by atoms with Gasteiger partial charge >= 0.3 is 11.9 Å². The molecule has 1 fully saturated rings. The minimum Gasteiger partial charge on any atom is -0.480 e. The molecule has 1 saturated heterocycles. The van der Waals surface area contributed by atoms with Crippen LogP contribution in [0.3, 0.4) is 0 Å². The lowest BCUT2D eigenvalue weighted by atomic mass is 10.3. The Morgan fingerprint density at radius 2 is 1.78 bits per heavy atom. The first-order chi connectivity index (χ1) is 8.31. The van der Waals surface area contributed by atoms with Crippen LogP contribution in [0.15, 0.2) is 0 Å². The number of rotatable bonds is 7. The molecule has 0 aromatic carbocycles. The molecule has 1 atom stereocenters. The number of carboxylic acids is 2. The second kappa shape index (κ2) is 6.12. The third kappa shape index (κ3) is 4.59. The van der Waals surface area contributed by atoms with Crippen molar-refractivity contribution in [1.82, 2.24) is 4.31 Å². The maximum atomic E-state index is 11.9. The Morgan fingerprint density at radius 1 is 1.22 bits per heavy atom. The normalized spacial score (nSPS) is 20.2. The van der Waals surface area contributed by atoms with Gasteiger partial charge in [0.15, 0.2) is 0 Å². The van der Waals surface area contributed by atoms with E-state index in [1.807, 2.05) is 0 Å². The van der Waals surface area contributed by atoms with Gasteiger partial charge in [0.25, 0.3) is 0 Å². The Balaban J connectivity index is 2.73. The highest BCUT2D eigenvalue weighted by Gasteiger charge is 2.31. The molecule has 104 valence electrons. The molecule has 1 rings (SSSR count). The van der Waals surface area contributed by atoms with Gasteiger partial charge in [-0.1, -0.05) is 0 Å². The van der Waals surface area contributed by atoms with Crippen LogP contribution in [-0.2, 0) is 24.3 Å². The monoisotopic (exact) mass is 281 g/mol. The SMILES string of the molecule is O=C(O)CN(CC(=O)O)S(=O)(=O)CC1CCCO1. The van der Waals surface area contributed by atoms with Crippen LogP contribution in [-0.4, -0.2) is 66.4 Å². The first kappa shape index (κ1) is 14.9. The number of ether oxygens (including phenoxy) is 1. The molecule has 2 N–H and O–H groups in total. The highest BCUT2D eigenvalue weighted by atomic mass is 32.2. The molecule has 18 heavy (non-hydrogen) atoms. The number of carboxylic acid groups (broad SMARTS) is 2. The van der Waals surface area contributed by atoms with E-state index in [-0.39, 0.29) is 5.75 Å². The molecule has 0 radical (unpaired) electrons. The molecule has 0 spiro atoms. The van der Waals surface area contributed by atoms with Crippen LogP contribution in [0.5, 0.6) is 0 Å². The third-order valence-electron chi connectivity index (χ3n) is 2.44. The zero-order valence-electron chi connectivity index (χ0n) is 9.61. The van der Waals surface area contributed by atoms with Crippen molar-refractivity contribution in [3.8, 4) is 0 Å². The molecule has 0 aromatic heterocycles. The van der Waals surface area contributed by atoms with Crippen LogP contribution in [0.2, 0.25) is 0 Å². The third-order valence-corrected chi connectivity index (χ3v) is 4.28. The van der Waals surface area contributed by atoms with E-state index in [2.05, 4.69) is 0 Å². The molecular weight excluding hydrogens is 266 g/mol. The molecule has 1 aliphatic heterocycles. The maximum absolute atomic E-state index is 11.9. The van der Waals surface area contributed by atoms with Crippen molar-refractivity contribution in [3.63, 3.8) is 0 Å². The molecule has 9 heteroatoms. The second-order valence-corrected chi connectivity index (χ2v) is 5.98. The molecule has 1 heterocycles. The zero-order chi connectivity index (χ0) is 13.8. The van der Waals surface area contributed by atoms with Gasteiger partial charge in [-0.3, -0.25) is 9.59 Å². The smallest absolute Gasteiger partial charge is 0.318 e. The van der Waals surface area contributed by atoms with E-state index in [0.717, 1.165) is 6.42 Å². The van der Waals surface area contributed by atoms with Gasteiger partial charge < -0.3 is 14.9 Å². The molecule has 1 aliphatic rings. The Labute approximate surface area is 104 Å². The Morgan fingerprint density at radius 3 is 2.17 bits per heavy atom. The molecule has 1 unspecified atom stereocenters. The quantitative estimate of drug-likeness (QED) is 0.611. The summed E-state index contributed by atoms with van der Waals surface area (Å²) in [5.74, 6) is -3.17. The molecular formula is C9H15NO7S. The van der Waals surface area contributed by atoms with E-state index in [9.17, 15) is 18.0 Å². The predicted molar refractivity (Wildman–Crippen MR) is 59.6 cm³/mol. The van der Waals surface area contributed by atoms with Crippen molar-refractivity contribution in [2.45, 2.75) is 18.9 Å². The van der Waals surface area contributed by atoms with Gasteiger partial charge in [-0.25, -0.2) is 8.42 Å². The molecule has 8 nitrogen and oxygen atoms in total. The van der Waals surface area contributed by atoms with Gasteiger partial charge in [0.05, 0.1) is 11.9 Å². The molecule has 0 saturated carbocycles. The zero-order valence-corrected chi connectivity index (χ0v) is 10.4. The topological polar surface area (TPSA) is 121 Å². The number of hydrogen-bond acceptors (Lipinski definition) is 5. The van der Waals surface area contributed by atoms with Crippen LogP contribution in [0, 0.1) is 0 Å². The lowest BCUT2D eigenvalue weighted by Gasteiger charge is -2.20. The first-order valence-electron chi connectivity index (χ1n) is 5.34. The number of hydrogen-bond donors (Lipinski definition) is 2. The van der Waals surface area contributed by atoms with E-state index >= 15 is 0 Å². The van der Waals surface area contributed by atoms with Crippen molar-refractivity contribution in [1.29, 1.82) is 0 Å². The molecule has 0 bridgehead atoms. The van der Waals surface area contributed by atoms with E-state index < -0.39 is 41.2 Å². The van der Waals surface area contributed by atoms with Crippen LogP contribution in [0.25, 0.3) is 0 Å². The Hall–Kier alpha value is -1.19. The van der Waals surface area contributed by atoms with Crippen molar-refractivity contribution in [3.05, 3.63) is 0 Å². The summed E-state index contributed by atoms with van der Waals surface area (Å²) in [6.45, 7) is -1.25. The van der Waals surface area contributed by atoms with Crippen molar-refractivity contribution >= 4 is 22.0 Å². The van der Waals surface area contributed by atoms with Crippen LogP contribution < -0.4 is 0 Å². The number of aliphatic carboxylic acids is 2. The van der Waals surface area contributed by atoms with E-state index in [0.29, 0.717) is 17.3 Å². The number of nitrogens with zero attached hydrogens (tertiary/aromatic N) is 1. The summed E-state index contributed by atoms with van der Waals surface area (Å²) in [6.07, 6.45) is 0.839. The number of sulfonamides is 1. The summed E-state index contributed by atoms with van der Waals surface area (Å²) in [5.41, 5.74) is 0. The van der Waals surface area contributed by atoms with Gasteiger partial charge in [0.2, 0.25) is 10.0 Å². The van der Waals surface area contributed by atoms with Crippen molar-refractivity contribution < 1.29 is 33.0 Å². The fraction of sp³-hybridized carbons (Fsp3) is 0.778. The summed E-state index contributed by atoms with van der Waals surface area (Å²) >= 11 is 0. The summed E-state index contributed by atoms with van der Waals surface area (Å²) in [6, 6.07) is 0. The van der Waals surface area contributed by atoms with Crippen LogP contribution in [0.1, 0.15) is 12.8 Å². The highest BCUT2D eigenvalue weighted by Crippen LogP contribution is 2.16. The second-order valence-electron chi connectivity index (χ2n) is 3.97. The maximum Gasteiger partial charge on any atom is 0.318 e. The highest BCUT2D eigenvalue weighted by molar-refractivity contribution is 7.89. The minimum atomic E-state index is -3.95. The van der Waals surface area contributed by atoms with E-state index in [4.69, 9.17) is 14.9 Å². The van der Waals surface area contributed by atoms with E-state index in [1.54, 1.807) is 0 Å².